The molecule has 0 spiro atoms. The smallest absolute Gasteiger partial charge is 0.0450 e. The Morgan fingerprint density at radius 1 is 1.12 bits per heavy atom. The van der Waals surface area contributed by atoms with E-state index in [-0.39, 0.29) is 0 Å². The first-order valence-electron chi connectivity index (χ1n) is 8.72. The molecule has 124 valence electrons. The van der Waals surface area contributed by atoms with E-state index in [1.807, 2.05) is 6.92 Å². The average molecular weight is 339 g/mol. The maximum atomic E-state index is 6.02. The quantitative estimate of drug-likeness (QED) is 0.764. The van der Waals surface area contributed by atoms with Crippen molar-refractivity contribution in [1.29, 1.82) is 0 Å². The Balaban J connectivity index is 1.66. The number of para-hydroxylation sites is 2. The fourth-order valence-corrected chi connectivity index (χ4v) is 4.23. The summed E-state index contributed by atoms with van der Waals surface area (Å²) in [7, 11) is 0. The zero-order valence-corrected chi connectivity index (χ0v) is 14.8. The van der Waals surface area contributed by atoms with Gasteiger partial charge in [-0.1, -0.05) is 54.1 Å². The van der Waals surface area contributed by atoms with Gasteiger partial charge < -0.3 is 4.90 Å². The van der Waals surface area contributed by atoms with Crippen LogP contribution in [0.3, 0.4) is 0 Å². The molecule has 1 saturated heterocycles. The Labute approximate surface area is 149 Å². The Bertz CT molecular complexity index is 737. The first kappa shape index (κ1) is 15.7. The van der Waals surface area contributed by atoms with Crippen LogP contribution in [0.4, 0.5) is 11.4 Å². The van der Waals surface area contributed by atoms with Crippen molar-refractivity contribution in [2.24, 2.45) is 0 Å². The number of likely N-dealkylation sites (tertiary alicyclic amines) is 1. The van der Waals surface area contributed by atoms with Crippen molar-refractivity contribution < 1.29 is 0 Å². The molecule has 0 N–H and O–H groups in total. The molecule has 2 aliphatic rings. The first-order valence-corrected chi connectivity index (χ1v) is 9.09. The Morgan fingerprint density at radius 3 is 2.67 bits per heavy atom. The van der Waals surface area contributed by atoms with Crippen LogP contribution < -0.4 is 4.90 Å². The molecule has 0 aliphatic carbocycles. The summed E-state index contributed by atoms with van der Waals surface area (Å²) in [6.45, 7) is 5.13. The molecule has 2 aromatic rings. The monoisotopic (exact) mass is 338 g/mol. The van der Waals surface area contributed by atoms with E-state index in [0.717, 1.165) is 24.7 Å². The van der Waals surface area contributed by atoms with Gasteiger partial charge in [0.2, 0.25) is 0 Å². The van der Waals surface area contributed by atoms with Crippen LogP contribution in [0.25, 0.3) is 0 Å². The number of rotatable bonds is 3. The zero-order valence-electron chi connectivity index (χ0n) is 14.0. The van der Waals surface area contributed by atoms with Gasteiger partial charge in [-0.05, 0) is 37.1 Å². The van der Waals surface area contributed by atoms with Gasteiger partial charge in [-0.3, -0.25) is 4.90 Å². The highest BCUT2D eigenvalue weighted by Crippen LogP contribution is 2.48. The summed E-state index contributed by atoms with van der Waals surface area (Å²) in [4.78, 5) is 5.08. The molecule has 2 aliphatic heterocycles. The summed E-state index contributed by atoms with van der Waals surface area (Å²) >= 11 is 6.02. The van der Waals surface area contributed by atoms with E-state index in [0.29, 0.717) is 12.0 Å². The largest absolute Gasteiger partial charge is 0.337 e. The molecular weight excluding hydrogens is 316 g/mol. The molecule has 0 amide bonds. The lowest BCUT2D eigenvalue weighted by atomic mass is 9.89. The third-order valence-electron chi connectivity index (χ3n) is 5.25. The van der Waals surface area contributed by atoms with Gasteiger partial charge in [0, 0.05) is 48.0 Å². The van der Waals surface area contributed by atoms with E-state index in [1.165, 1.54) is 23.4 Å². The minimum atomic E-state index is 0.558. The third kappa shape index (κ3) is 2.85. The molecular formula is C21H23ClN2. The second-order valence-corrected chi connectivity index (χ2v) is 7.37. The van der Waals surface area contributed by atoms with E-state index in [1.54, 1.807) is 0 Å². The van der Waals surface area contributed by atoms with Gasteiger partial charge in [-0.2, -0.15) is 0 Å². The number of nitrogens with zero attached hydrogens (tertiary/aromatic N) is 2. The van der Waals surface area contributed by atoms with Gasteiger partial charge in [0.1, 0.15) is 0 Å². The second kappa shape index (κ2) is 6.62. The number of hydrogen-bond donors (Lipinski definition) is 0. The van der Waals surface area contributed by atoms with Crippen LogP contribution in [0.5, 0.6) is 0 Å². The number of fused-ring (bicyclic) bond motifs is 3. The van der Waals surface area contributed by atoms with E-state index < -0.39 is 0 Å². The molecule has 0 radical (unpaired) electrons. The highest BCUT2D eigenvalue weighted by atomic mass is 35.5. The summed E-state index contributed by atoms with van der Waals surface area (Å²) in [5.41, 5.74) is 4.18. The number of anilines is 2. The van der Waals surface area contributed by atoms with E-state index >= 15 is 0 Å². The lowest BCUT2D eigenvalue weighted by molar-refractivity contribution is 0.215. The predicted molar refractivity (Wildman–Crippen MR) is 102 cm³/mol. The number of benzene rings is 2. The van der Waals surface area contributed by atoms with Crippen LogP contribution in [-0.2, 0) is 0 Å². The molecule has 0 unspecified atom stereocenters. The first-order chi connectivity index (χ1) is 11.7. The van der Waals surface area contributed by atoms with Crippen molar-refractivity contribution >= 4 is 23.0 Å². The molecule has 2 heterocycles. The molecule has 3 heteroatoms. The van der Waals surface area contributed by atoms with Crippen LogP contribution >= 0.6 is 11.6 Å². The summed E-state index contributed by atoms with van der Waals surface area (Å²) in [5, 5.41) is 0.884. The fourth-order valence-electron chi connectivity index (χ4n) is 4.16. The Morgan fingerprint density at radius 2 is 1.88 bits per heavy atom. The summed E-state index contributed by atoms with van der Waals surface area (Å²) < 4.78 is 0. The maximum Gasteiger partial charge on any atom is 0.0450 e. The molecule has 0 aromatic heterocycles. The lowest BCUT2D eigenvalue weighted by Gasteiger charge is -2.38. The van der Waals surface area contributed by atoms with Crippen molar-refractivity contribution in [3.05, 3.63) is 71.3 Å². The highest BCUT2D eigenvalue weighted by Gasteiger charge is 2.41. The molecule has 4 rings (SSSR count). The normalized spacial score (nSPS) is 23.9. The fraction of sp³-hybridized carbons (Fsp3) is 0.333. The SMILES string of the molecule is C/C(Cl)=C/CN1CC[C@@H]2[C@@H](C1)c1ccccc1N2c1ccccc1. The predicted octanol–water partition coefficient (Wildman–Crippen LogP) is 5.14. The Kier molecular flexibility index (Phi) is 4.34. The van der Waals surface area contributed by atoms with E-state index in [2.05, 4.69) is 70.5 Å². The maximum absolute atomic E-state index is 6.02. The van der Waals surface area contributed by atoms with Crippen molar-refractivity contribution in [3.63, 3.8) is 0 Å². The van der Waals surface area contributed by atoms with Crippen molar-refractivity contribution in [3.8, 4) is 0 Å². The molecule has 0 bridgehead atoms. The average Bonchev–Trinajstić information content (AvgIpc) is 2.94. The number of hydrogen-bond acceptors (Lipinski definition) is 2. The second-order valence-electron chi connectivity index (χ2n) is 6.78. The van der Waals surface area contributed by atoms with Crippen LogP contribution in [0, 0.1) is 0 Å². The molecule has 0 saturated carbocycles. The van der Waals surface area contributed by atoms with Crippen LogP contribution in [0.2, 0.25) is 0 Å². The van der Waals surface area contributed by atoms with Gasteiger partial charge in [-0.25, -0.2) is 0 Å². The summed E-state index contributed by atoms with van der Waals surface area (Å²) in [5.74, 6) is 0.569. The van der Waals surface area contributed by atoms with Gasteiger partial charge in [0.05, 0.1) is 0 Å². The third-order valence-corrected chi connectivity index (χ3v) is 5.41. The molecule has 1 fully saturated rings. The van der Waals surface area contributed by atoms with Gasteiger partial charge in [0.15, 0.2) is 0 Å². The minimum Gasteiger partial charge on any atom is -0.337 e. The van der Waals surface area contributed by atoms with E-state index in [4.69, 9.17) is 11.6 Å². The van der Waals surface area contributed by atoms with E-state index in [9.17, 15) is 0 Å². The topological polar surface area (TPSA) is 6.48 Å². The van der Waals surface area contributed by atoms with Crippen LogP contribution in [0.1, 0.15) is 24.8 Å². The van der Waals surface area contributed by atoms with Crippen LogP contribution in [-0.4, -0.2) is 30.6 Å². The summed E-state index contributed by atoms with van der Waals surface area (Å²) in [6, 6.07) is 20.3. The molecule has 2 aromatic carbocycles. The van der Waals surface area contributed by atoms with Gasteiger partial charge in [-0.15, -0.1) is 0 Å². The van der Waals surface area contributed by atoms with Gasteiger partial charge in [0.25, 0.3) is 0 Å². The molecule has 24 heavy (non-hydrogen) atoms. The standard InChI is InChI=1S/C21H23ClN2/c1-16(22)11-13-23-14-12-21-19(15-23)18-9-5-6-10-20(18)24(21)17-7-3-2-4-8-17/h2-11,19,21H,12-15H2,1H3/b16-11-/t19-,21+/m0/s1. The molecule has 2 nitrogen and oxygen atoms in total. The summed E-state index contributed by atoms with van der Waals surface area (Å²) in [6.07, 6.45) is 3.31. The van der Waals surface area contributed by atoms with Crippen molar-refractivity contribution in [2.75, 3.05) is 24.5 Å². The van der Waals surface area contributed by atoms with Crippen molar-refractivity contribution in [2.45, 2.75) is 25.3 Å². The van der Waals surface area contributed by atoms with Gasteiger partial charge >= 0.3 is 0 Å². The Hall–Kier alpha value is -1.77. The zero-order chi connectivity index (χ0) is 16.5. The number of halogens is 1. The van der Waals surface area contributed by atoms with Crippen LogP contribution in [0.15, 0.2) is 65.7 Å². The van der Waals surface area contributed by atoms with Crippen molar-refractivity contribution in [1.82, 2.24) is 4.90 Å². The number of piperidine rings is 1. The number of allylic oxidation sites excluding steroid dienone is 1. The highest BCUT2D eigenvalue weighted by molar-refractivity contribution is 6.29. The molecule has 2 atom stereocenters. The minimum absolute atomic E-state index is 0.558. The lowest BCUT2D eigenvalue weighted by Crippen LogP contribution is -2.44.